The van der Waals surface area contributed by atoms with E-state index in [1.165, 1.54) is 0 Å². The number of ketones is 1. The van der Waals surface area contributed by atoms with E-state index in [9.17, 15) is 20.1 Å². The first-order valence-electron chi connectivity index (χ1n) is 7.78. The minimum absolute atomic E-state index is 0.00220. The van der Waals surface area contributed by atoms with Gasteiger partial charge in [0, 0.05) is 6.42 Å². The number of Topliss-reactive ketones (excluding diaryl/α,β-unsaturated/α-hetero) is 1. The molecule has 0 unspecified atom stereocenters. The van der Waals surface area contributed by atoms with Crippen molar-refractivity contribution in [3.05, 3.63) is 0 Å². The second-order valence-electron chi connectivity index (χ2n) is 6.40. The average Bonchev–Trinajstić information content (AvgIpc) is 2.49. The van der Waals surface area contributed by atoms with E-state index in [4.69, 9.17) is 14.2 Å². The molecule has 0 radical (unpaired) electrons. The minimum atomic E-state index is -2.23. The molecule has 5 N–H and O–H groups in total. The van der Waals surface area contributed by atoms with Gasteiger partial charge in [-0.2, -0.15) is 0 Å². The van der Waals surface area contributed by atoms with Gasteiger partial charge in [-0.1, -0.05) is 0 Å². The van der Waals surface area contributed by atoms with Crippen molar-refractivity contribution in [2.75, 3.05) is 14.1 Å². The first-order valence-corrected chi connectivity index (χ1v) is 7.78. The summed E-state index contributed by atoms with van der Waals surface area (Å²) in [4.78, 5) is 12.2. The molecular formula is C14H24N2O7. The number of ether oxygens (including phenoxy) is 3. The van der Waals surface area contributed by atoms with Crippen LogP contribution in [0.4, 0.5) is 0 Å². The van der Waals surface area contributed by atoms with Gasteiger partial charge in [0.25, 0.3) is 5.79 Å². The van der Waals surface area contributed by atoms with Gasteiger partial charge < -0.3 is 40.2 Å². The Kier molecular flexibility index (Phi) is 4.49. The van der Waals surface area contributed by atoms with E-state index in [1.807, 2.05) is 0 Å². The van der Waals surface area contributed by atoms with E-state index in [1.54, 1.807) is 21.0 Å². The third-order valence-corrected chi connectivity index (χ3v) is 4.93. The summed E-state index contributed by atoms with van der Waals surface area (Å²) < 4.78 is 16.8. The summed E-state index contributed by atoms with van der Waals surface area (Å²) in [5.74, 6) is -2.76. The van der Waals surface area contributed by atoms with Crippen molar-refractivity contribution in [1.82, 2.24) is 10.6 Å². The summed E-state index contributed by atoms with van der Waals surface area (Å²) in [6, 6.07) is -1.29. The van der Waals surface area contributed by atoms with E-state index in [0.717, 1.165) is 0 Å². The maximum atomic E-state index is 12.2. The number of rotatable bonds is 2. The van der Waals surface area contributed by atoms with Crippen molar-refractivity contribution in [3.8, 4) is 0 Å². The van der Waals surface area contributed by atoms with Gasteiger partial charge in [0.2, 0.25) is 6.29 Å². The Hall–Kier alpha value is -0.650. The molecule has 132 valence electrons. The lowest BCUT2D eigenvalue weighted by molar-refractivity contribution is -0.420. The number of carbonyl (C=O) groups excluding carboxylic acids is 1. The van der Waals surface area contributed by atoms with E-state index in [2.05, 4.69) is 10.6 Å². The molecule has 2 heterocycles. The smallest absolute Gasteiger partial charge is 0.280 e. The number of hydrogen-bond donors (Lipinski definition) is 5. The van der Waals surface area contributed by atoms with Gasteiger partial charge in [-0.15, -0.1) is 0 Å². The fourth-order valence-electron chi connectivity index (χ4n) is 3.68. The molecule has 2 saturated heterocycles. The Balaban J connectivity index is 1.92. The van der Waals surface area contributed by atoms with Crippen LogP contribution in [0.25, 0.3) is 0 Å². The largest absolute Gasteiger partial charge is 0.390 e. The molecule has 1 aliphatic carbocycles. The highest BCUT2D eigenvalue weighted by Crippen LogP contribution is 2.40. The Morgan fingerprint density at radius 1 is 1.09 bits per heavy atom. The van der Waals surface area contributed by atoms with Crippen LogP contribution in [-0.2, 0) is 19.0 Å². The van der Waals surface area contributed by atoms with Gasteiger partial charge in [0.15, 0.2) is 5.78 Å². The molecule has 0 aromatic heterocycles. The molecule has 0 aromatic rings. The predicted octanol–water partition coefficient (Wildman–Crippen LogP) is -2.93. The van der Waals surface area contributed by atoms with Gasteiger partial charge in [-0.3, -0.25) is 4.79 Å². The van der Waals surface area contributed by atoms with Gasteiger partial charge in [0.05, 0.1) is 24.3 Å². The van der Waals surface area contributed by atoms with E-state index in [0.29, 0.717) is 0 Å². The average molecular weight is 332 g/mol. The fraction of sp³-hybridized carbons (Fsp3) is 0.929. The fourth-order valence-corrected chi connectivity index (χ4v) is 3.68. The summed E-state index contributed by atoms with van der Waals surface area (Å²) in [5.41, 5.74) is 0. The van der Waals surface area contributed by atoms with Crippen LogP contribution in [0.3, 0.4) is 0 Å². The van der Waals surface area contributed by atoms with Crippen molar-refractivity contribution >= 4 is 5.78 Å². The first-order chi connectivity index (χ1) is 10.8. The van der Waals surface area contributed by atoms with Crippen LogP contribution in [0.15, 0.2) is 0 Å². The van der Waals surface area contributed by atoms with Gasteiger partial charge >= 0.3 is 0 Å². The highest BCUT2D eigenvalue weighted by atomic mass is 16.8. The third-order valence-electron chi connectivity index (χ3n) is 4.93. The summed E-state index contributed by atoms with van der Waals surface area (Å²) >= 11 is 0. The molecule has 3 fully saturated rings. The lowest BCUT2D eigenvalue weighted by Crippen LogP contribution is -2.77. The van der Waals surface area contributed by atoms with Gasteiger partial charge in [-0.05, 0) is 21.0 Å². The van der Waals surface area contributed by atoms with Crippen LogP contribution in [0.1, 0.15) is 13.3 Å². The summed E-state index contributed by atoms with van der Waals surface area (Å²) in [7, 11) is 3.24. The van der Waals surface area contributed by atoms with Gasteiger partial charge in [-0.25, -0.2) is 0 Å². The van der Waals surface area contributed by atoms with Crippen LogP contribution < -0.4 is 10.6 Å². The lowest BCUT2D eigenvalue weighted by atomic mass is 9.80. The van der Waals surface area contributed by atoms with E-state index >= 15 is 0 Å². The first kappa shape index (κ1) is 17.2. The van der Waals surface area contributed by atoms with Crippen LogP contribution in [0.2, 0.25) is 0 Å². The molecule has 0 bridgehead atoms. The Bertz CT molecular complexity index is 478. The molecule has 23 heavy (non-hydrogen) atoms. The zero-order valence-corrected chi connectivity index (χ0v) is 13.3. The lowest BCUT2D eigenvalue weighted by Gasteiger charge is -2.55. The number of aliphatic hydroxyl groups excluding tert-OH is 2. The quantitative estimate of drug-likeness (QED) is 0.361. The predicted molar refractivity (Wildman–Crippen MR) is 76.4 cm³/mol. The number of carbonyl (C=O) groups is 1. The maximum Gasteiger partial charge on any atom is 0.280 e. The molecule has 0 aromatic carbocycles. The molecule has 0 amide bonds. The number of likely N-dealkylation sites (N-methyl/N-ethyl adjacent to an activating group) is 2. The van der Waals surface area contributed by atoms with Crippen LogP contribution in [0.5, 0.6) is 0 Å². The van der Waals surface area contributed by atoms with Crippen molar-refractivity contribution in [2.24, 2.45) is 0 Å². The van der Waals surface area contributed by atoms with Crippen LogP contribution in [-0.4, -0.2) is 89.9 Å². The minimum Gasteiger partial charge on any atom is -0.390 e. The van der Waals surface area contributed by atoms with Crippen molar-refractivity contribution in [3.63, 3.8) is 0 Å². The Morgan fingerprint density at radius 3 is 2.35 bits per heavy atom. The highest BCUT2D eigenvalue weighted by Gasteiger charge is 2.63. The molecule has 2 aliphatic heterocycles. The Morgan fingerprint density at radius 2 is 1.74 bits per heavy atom. The third kappa shape index (κ3) is 2.52. The molecular weight excluding hydrogens is 308 g/mol. The summed E-state index contributed by atoms with van der Waals surface area (Å²) in [6.07, 6.45) is -5.58. The normalized spacial score (nSPS) is 53.6. The zero-order chi connectivity index (χ0) is 16.9. The number of nitrogens with one attached hydrogen (secondary N) is 2. The number of fused-ring (bicyclic) bond motifs is 2. The highest BCUT2D eigenvalue weighted by molar-refractivity contribution is 5.87. The SMILES string of the molecule is CN[C@H]1[C@H](O)[C@@H](NC)[C@H]2O[C@@]3(O)C(=O)C[C@@H](C)O[C@H]3O[C@@H]2[C@H]1O. The van der Waals surface area contributed by atoms with Crippen molar-refractivity contribution in [2.45, 2.75) is 68.0 Å². The second-order valence-corrected chi connectivity index (χ2v) is 6.40. The molecule has 9 atom stereocenters. The Labute approximate surface area is 133 Å². The molecule has 9 heteroatoms. The van der Waals surface area contributed by atoms with E-state index < -0.39 is 60.5 Å². The van der Waals surface area contributed by atoms with E-state index in [-0.39, 0.29) is 6.42 Å². The molecule has 9 nitrogen and oxygen atoms in total. The van der Waals surface area contributed by atoms with Crippen LogP contribution >= 0.6 is 0 Å². The van der Waals surface area contributed by atoms with Crippen molar-refractivity contribution in [1.29, 1.82) is 0 Å². The maximum absolute atomic E-state index is 12.2. The molecule has 1 saturated carbocycles. The van der Waals surface area contributed by atoms with Crippen LogP contribution in [0, 0.1) is 0 Å². The zero-order valence-electron chi connectivity index (χ0n) is 13.3. The van der Waals surface area contributed by atoms with Crippen molar-refractivity contribution < 1.29 is 34.3 Å². The topological polar surface area (TPSA) is 130 Å². The molecule has 3 rings (SSSR count). The number of aliphatic hydroxyl groups is 3. The summed E-state index contributed by atoms with van der Waals surface area (Å²) in [5, 5.41) is 37.2. The number of hydrogen-bond acceptors (Lipinski definition) is 9. The second kappa shape index (κ2) is 6.01. The summed E-state index contributed by atoms with van der Waals surface area (Å²) in [6.45, 7) is 1.70. The monoisotopic (exact) mass is 332 g/mol. The van der Waals surface area contributed by atoms with Gasteiger partial charge in [0.1, 0.15) is 18.3 Å². The standard InChI is InChI=1S/C14H24N2O7/c1-5-4-6(17)14(20)13(21-5)22-12-10(19)7(15-2)9(18)8(16-3)11(12)23-14/h5,7-13,15-16,18-20H,4H2,1-3H3/t5-,7+,8-,9+,10+,11-,12-,13+,14+/m1/s1. The molecule has 0 spiro atoms. The molecule has 3 aliphatic rings.